The van der Waals surface area contributed by atoms with Gasteiger partial charge < -0.3 is 5.11 Å². The molecule has 0 saturated heterocycles. The molecule has 0 amide bonds. The van der Waals surface area contributed by atoms with Crippen LogP contribution in [0.2, 0.25) is 5.02 Å². The van der Waals surface area contributed by atoms with Crippen molar-refractivity contribution in [3.8, 4) is 0 Å². The minimum atomic E-state index is -3.25. The standard InChI is InChI=1S/C11H14BrClO3S/c1-8(5-14)6-17(15,16)7-9-4-10(12)2-3-11(9)13/h2-4,8,14H,5-7H2,1H3. The SMILES string of the molecule is CC(CO)CS(=O)(=O)Cc1cc(Br)ccc1Cl. The predicted molar refractivity (Wildman–Crippen MR) is 72.9 cm³/mol. The Bertz CT molecular complexity index is 487. The van der Waals surface area contributed by atoms with Crippen molar-refractivity contribution in [2.75, 3.05) is 12.4 Å². The average Bonchev–Trinajstić information content (AvgIpc) is 2.22. The summed E-state index contributed by atoms with van der Waals surface area (Å²) in [5.41, 5.74) is 0.575. The van der Waals surface area contributed by atoms with E-state index < -0.39 is 9.84 Å². The van der Waals surface area contributed by atoms with Crippen LogP contribution in [0.3, 0.4) is 0 Å². The summed E-state index contributed by atoms with van der Waals surface area (Å²) in [6.45, 7) is 1.56. The molecule has 0 fully saturated rings. The minimum Gasteiger partial charge on any atom is -0.396 e. The molecule has 1 rings (SSSR count). The Morgan fingerprint density at radius 3 is 2.71 bits per heavy atom. The van der Waals surface area contributed by atoms with Crippen LogP contribution in [0.4, 0.5) is 0 Å². The molecule has 1 aromatic rings. The molecule has 1 atom stereocenters. The zero-order valence-electron chi connectivity index (χ0n) is 9.36. The second-order valence-electron chi connectivity index (χ2n) is 4.08. The van der Waals surface area contributed by atoms with Crippen molar-refractivity contribution in [3.63, 3.8) is 0 Å². The Hall–Kier alpha value is -0.100. The highest BCUT2D eigenvalue weighted by atomic mass is 79.9. The zero-order valence-corrected chi connectivity index (χ0v) is 12.5. The Morgan fingerprint density at radius 1 is 1.47 bits per heavy atom. The molecule has 0 spiro atoms. The molecule has 3 nitrogen and oxygen atoms in total. The van der Waals surface area contributed by atoms with Gasteiger partial charge in [0.05, 0.1) is 11.5 Å². The van der Waals surface area contributed by atoms with Crippen LogP contribution in [0, 0.1) is 5.92 Å². The van der Waals surface area contributed by atoms with Crippen molar-refractivity contribution in [1.82, 2.24) is 0 Å². The maximum Gasteiger partial charge on any atom is 0.154 e. The lowest BCUT2D eigenvalue weighted by Gasteiger charge is -2.10. The molecule has 0 aromatic heterocycles. The van der Waals surface area contributed by atoms with Gasteiger partial charge in [0.1, 0.15) is 0 Å². The first kappa shape index (κ1) is 15.0. The summed E-state index contributed by atoms with van der Waals surface area (Å²) < 4.78 is 24.5. The number of aliphatic hydroxyl groups is 1. The number of benzene rings is 1. The summed E-state index contributed by atoms with van der Waals surface area (Å²) in [6.07, 6.45) is 0. The fourth-order valence-electron chi connectivity index (χ4n) is 1.44. The van der Waals surface area contributed by atoms with Gasteiger partial charge in [-0.2, -0.15) is 0 Å². The Kier molecular flexibility index (Phi) is 5.44. The molecule has 1 aromatic carbocycles. The van der Waals surface area contributed by atoms with E-state index in [0.717, 1.165) is 4.47 Å². The number of aliphatic hydroxyl groups excluding tert-OH is 1. The number of hydrogen-bond acceptors (Lipinski definition) is 3. The summed E-state index contributed by atoms with van der Waals surface area (Å²) >= 11 is 9.21. The van der Waals surface area contributed by atoms with Gasteiger partial charge in [0.2, 0.25) is 0 Å². The van der Waals surface area contributed by atoms with E-state index in [-0.39, 0.29) is 24.0 Å². The third-order valence-corrected chi connectivity index (χ3v) is 4.92. The first-order valence-electron chi connectivity index (χ1n) is 5.09. The molecule has 17 heavy (non-hydrogen) atoms. The van der Waals surface area contributed by atoms with Gasteiger partial charge in [0, 0.05) is 16.1 Å². The molecule has 1 N–H and O–H groups in total. The Morgan fingerprint density at radius 2 is 2.12 bits per heavy atom. The van der Waals surface area contributed by atoms with E-state index in [1.807, 2.05) is 0 Å². The quantitative estimate of drug-likeness (QED) is 0.896. The first-order valence-corrected chi connectivity index (χ1v) is 8.08. The Balaban J connectivity index is 2.86. The smallest absolute Gasteiger partial charge is 0.154 e. The van der Waals surface area contributed by atoms with Crippen LogP contribution in [0.15, 0.2) is 22.7 Å². The van der Waals surface area contributed by atoms with Gasteiger partial charge >= 0.3 is 0 Å². The lowest BCUT2D eigenvalue weighted by atomic mass is 10.2. The molecule has 0 saturated carbocycles. The van der Waals surface area contributed by atoms with Gasteiger partial charge in [0.25, 0.3) is 0 Å². The maximum absolute atomic E-state index is 11.8. The normalized spacial score (nSPS) is 13.6. The minimum absolute atomic E-state index is 0.0354. The summed E-state index contributed by atoms with van der Waals surface area (Å²) in [7, 11) is -3.25. The molecule has 6 heteroatoms. The van der Waals surface area contributed by atoms with E-state index in [1.54, 1.807) is 25.1 Å². The molecule has 1 unspecified atom stereocenters. The van der Waals surface area contributed by atoms with Crippen LogP contribution in [0.5, 0.6) is 0 Å². The highest BCUT2D eigenvalue weighted by Gasteiger charge is 2.17. The average molecular weight is 342 g/mol. The molecule has 0 heterocycles. The maximum atomic E-state index is 11.8. The summed E-state index contributed by atoms with van der Waals surface area (Å²) in [4.78, 5) is 0. The molecule has 0 radical (unpaired) electrons. The number of halogens is 2. The van der Waals surface area contributed by atoms with Crippen molar-refractivity contribution in [3.05, 3.63) is 33.3 Å². The molecule has 0 aliphatic carbocycles. The van der Waals surface area contributed by atoms with Crippen molar-refractivity contribution < 1.29 is 13.5 Å². The molecule has 0 aliphatic heterocycles. The van der Waals surface area contributed by atoms with E-state index >= 15 is 0 Å². The van der Waals surface area contributed by atoms with Crippen LogP contribution in [0.1, 0.15) is 12.5 Å². The van der Waals surface area contributed by atoms with Crippen LogP contribution in [-0.4, -0.2) is 25.9 Å². The largest absolute Gasteiger partial charge is 0.396 e. The monoisotopic (exact) mass is 340 g/mol. The van der Waals surface area contributed by atoms with Gasteiger partial charge in [-0.05, 0) is 29.7 Å². The fraction of sp³-hybridized carbons (Fsp3) is 0.455. The lowest BCUT2D eigenvalue weighted by molar-refractivity contribution is 0.249. The topological polar surface area (TPSA) is 54.4 Å². The van der Waals surface area contributed by atoms with Crippen molar-refractivity contribution in [2.24, 2.45) is 5.92 Å². The van der Waals surface area contributed by atoms with Crippen molar-refractivity contribution >= 4 is 37.4 Å². The van der Waals surface area contributed by atoms with Crippen LogP contribution in [-0.2, 0) is 15.6 Å². The van der Waals surface area contributed by atoms with E-state index in [1.165, 1.54) is 0 Å². The molecular formula is C11H14BrClO3S. The van der Waals surface area contributed by atoms with Gasteiger partial charge in [0.15, 0.2) is 9.84 Å². The Labute approximate surface area is 115 Å². The second kappa shape index (κ2) is 6.18. The third-order valence-electron chi connectivity index (χ3n) is 2.23. The highest BCUT2D eigenvalue weighted by Crippen LogP contribution is 2.23. The number of rotatable bonds is 5. The van der Waals surface area contributed by atoms with E-state index in [0.29, 0.717) is 10.6 Å². The van der Waals surface area contributed by atoms with Crippen molar-refractivity contribution in [1.29, 1.82) is 0 Å². The molecule has 0 bridgehead atoms. The van der Waals surface area contributed by atoms with E-state index in [2.05, 4.69) is 15.9 Å². The summed E-state index contributed by atoms with van der Waals surface area (Å²) in [5.74, 6) is -0.395. The van der Waals surface area contributed by atoms with Crippen LogP contribution in [0.25, 0.3) is 0 Å². The predicted octanol–water partition coefficient (Wildman–Crippen LogP) is 2.65. The van der Waals surface area contributed by atoms with Crippen molar-refractivity contribution in [2.45, 2.75) is 12.7 Å². The van der Waals surface area contributed by atoms with Gasteiger partial charge in [-0.25, -0.2) is 8.42 Å². The zero-order chi connectivity index (χ0) is 13.1. The summed E-state index contributed by atoms with van der Waals surface area (Å²) in [6, 6.07) is 5.12. The molecule has 96 valence electrons. The first-order chi connectivity index (χ1) is 7.84. The van der Waals surface area contributed by atoms with Crippen LogP contribution < -0.4 is 0 Å². The summed E-state index contributed by atoms with van der Waals surface area (Å²) in [5, 5.41) is 9.30. The highest BCUT2D eigenvalue weighted by molar-refractivity contribution is 9.10. The molecular weight excluding hydrogens is 328 g/mol. The number of hydrogen-bond donors (Lipinski definition) is 1. The fourth-order valence-corrected chi connectivity index (χ4v) is 3.91. The van der Waals surface area contributed by atoms with Gasteiger partial charge in [-0.15, -0.1) is 0 Å². The van der Waals surface area contributed by atoms with E-state index in [9.17, 15) is 8.42 Å². The second-order valence-corrected chi connectivity index (χ2v) is 7.51. The molecule has 0 aliphatic rings. The van der Waals surface area contributed by atoms with E-state index in [4.69, 9.17) is 16.7 Å². The van der Waals surface area contributed by atoms with Gasteiger partial charge in [-0.3, -0.25) is 0 Å². The lowest BCUT2D eigenvalue weighted by Crippen LogP contribution is -2.18. The van der Waals surface area contributed by atoms with Crippen LogP contribution >= 0.6 is 27.5 Å². The van der Waals surface area contributed by atoms with Gasteiger partial charge in [-0.1, -0.05) is 34.5 Å². The number of sulfone groups is 1. The third kappa shape index (κ3) is 4.95.